The van der Waals surface area contributed by atoms with Gasteiger partial charge in [-0.1, -0.05) is 53.5 Å². The van der Waals surface area contributed by atoms with Gasteiger partial charge in [0.2, 0.25) is 0 Å². The molecule has 4 heteroatoms. The van der Waals surface area contributed by atoms with Gasteiger partial charge in [-0.05, 0) is 30.7 Å². The Labute approximate surface area is 123 Å². The van der Waals surface area contributed by atoms with Gasteiger partial charge in [0.1, 0.15) is 11.9 Å². The fourth-order valence-electron chi connectivity index (χ4n) is 1.86. The molecule has 0 aliphatic heterocycles. The van der Waals surface area contributed by atoms with Gasteiger partial charge >= 0.3 is 0 Å². The van der Waals surface area contributed by atoms with Gasteiger partial charge in [0.15, 0.2) is 0 Å². The van der Waals surface area contributed by atoms with Crippen LogP contribution in [0.25, 0.3) is 0 Å². The Morgan fingerprint density at radius 1 is 1.00 bits per heavy atom. The van der Waals surface area contributed by atoms with Crippen molar-refractivity contribution in [2.24, 2.45) is 5.73 Å². The van der Waals surface area contributed by atoms with Crippen LogP contribution in [-0.4, -0.2) is 6.04 Å². The maximum Gasteiger partial charge on any atom is 0.138 e. The van der Waals surface area contributed by atoms with Gasteiger partial charge in [-0.15, -0.1) is 0 Å². The van der Waals surface area contributed by atoms with E-state index in [0.717, 1.165) is 5.56 Å². The fourth-order valence-corrected chi connectivity index (χ4v) is 2.37. The third-order valence-electron chi connectivity index (χ3n) is 2.70. The Kier molecular flexibility index (Phi) is 4.70. The maximum atomic E-state index is 6.00. The molecule has 2 unspecified atom stereocenters. The minimum atomic E-state index is -0.240. The summed E-state index contributed by atoms with van der Waals surface area (Å²) in [5, 5.41) is 1.08. The van der Waals surface area contributed by atoms with E-state index in [4.69, 9.17) is 33.7 Å². The molecular formula is C15H15Cl2NO. The fraction of sp³-hybridized carbons (Fsp3) is 0.200. The molecular weight excluding hydrogens is 281 g/mol. The van der Waals surface area contributed by atoms with E-state index < -0.39 is 0 Å². The summed E-state index contributed by atoms with van der Waals surface area (Å²) in [5.41, 5.74) is 7.02. The molecule has 2 aromatic carbocycles. The molecule has 2 nitrogen and oxygen atoms in total. The van der Waals surface area contributed by atoms with Gasteiger partial charge in [-0.2, -0.15) is 0 Å². The zero-order valence-corrected chi connectivity index (χ0v) is 12.0. The molecule has 2 atom stereocenters. The van der Waals surface area contributed by atoms with Crippen LogP contribution in [0.5, 0.6) is 5.75 Å². The highest BCUT2D eigenvalue weighted by molar-refractivity contribution is 6.34. The summed E-state index contributed by atoms with van der Waals surface area (Å²) in [5.74, 6) is 0.614. The molecule has 100 valence electrons. The number of rotatable bonds is 4. The molecule has 0 heterocycles. The largest absolute Gasteiger partial charge is 0.484 e. The Balaban J connectivity index is 2.27. The van der Waals surface area contributed by atoms with Gasteiger partial charge in [-0.25, -0.2) is 0 Å². The van der Waals surface area contributed by atoms with Crippen LogP contribution in [0.4, 0.5) is 0 Å². The van der Waals surface area contributed by atoms with Gasteiger partial charge in [0.25, 0.3) is 0 Å². The van der Waals surface area contributed by atoms with Crippen molar-refractivity contribution in [3.63, 3.8) is 0 Å². The van der Waals surface area contributed by atoms with E-state index in [0.29, 0.717) is 15.8 Å². The van der Waals surface area contributed by atoms with Crippen LogP contribution in [-0.2, 0) is 0 Å². The first-order valence-corrected chi connectivity index (χ1v) is 6.75. The molecule has 0 saturated heterocycles. The molecule has 0 amide bonds. The number of hydrogen-bond acceptors (Lipinski definition) is 2. The summed E-state index contributed by atoms with van der Waals surface area (Å²) >= 11 is 11.9. The lowest BCUT2D eigenvalue weighted by Gasteiger charge is -2.23. The van der Waals surface area contributed by atoms with Crippen LogP contribution >= 0.6 is 23.2 Å². The Hall–Kier alpha value is -1.22. The predicted molar refractivity (Wildman–Crippen MR) is 79.9 cm³/mol. The zero-order chi connectivity index (χ0) is 13.8. The monoisotopic (exact) mass is 295 g/mol. The van der Waals surface area contributed by atoms with Crippen molar-refractivity contribution in [1.82, 2.24) is 0 Å². The van der Waals surface area contributed by atoms with Crippen molar-refractivity contribution >= 4 is 23.2 Å². The Bertz CT molecular complexity index is 523. The molecule has 0 spiro atoms. The standard InChI is InChI=1S/C15H15Cl2NO/c1-10(18)15(11-5-3-2-4-6-11)19-14-8-12(16)7-13(17)9-14/h2-10,15H,18H2,1H3. The molecule has 0 aliphatic carbocycles. The highest BCUT2D eigenvalue weighted by Crippen LogP contribution is 2.29. The Morgan fingerprint density at radius 3 is 2.11 bits per heavy atom. The van der Waals surface area contributed by atoms with Crippen LogP contribution in [0.1, 0.15) is 18.6 Å². The molecule has 2 rings (SSSR count). The molecule has 19 heavy (non-hydrogen) atoms. The van der Waals surface area contributed by atoms with Crippen LogP contribution in [0.15, 0.2) is 48.5 Å². The number of ether oxygens (including phenoxy) is 1. The van der Waals surface area contributed by atoms with Crippen molar-refractivity contribution in [3.05, 3.63) is 64.1 Å². The third kappa shape index (κ3) is 3.87. The first-order chi connectivity index (χ1) is 9.06. The highest BCUT2D eigenvalue weighted by atomic mass is 35.5. The lowest BCUT2D eigenvalue weighted by atomic mass is 10.0. The van der Waals surface area contributed by atoms with E-state index in [1.54, 1.807) is 18.2 Å². The maximum absolute atomic E-state index is 6.00. The van der Waals surface area contributed by atoms with Gasteiger partial charge in [0, 0.05) is 16.1 Å². The number of benzene rings is 2. The van der Waals surface area contributed by atoms with E-state index in [-0.39, 0.29) is 12.1 Å². The predicted octanol–water partition coefficient (Wildman–Crippen LogP) is 4.46. The first kappa shape index (κ1) is 14.2. The molecule has 2 aromatic rings. The SMILES string of the molecule is CC(N)C(Oc1cc(Cl)cc(Cl)c1)c1ccccc1. The summed E-state index contributed by atoms with van der Waals surface area (Å²) < 4.78 is 5.93. The Morgan fingerprint density at radius 2 is 1.58 bits per heavy atom. The second-order valence-electron chi connectivity index (χ2n) is 4.41. The number of halogens is 2. The highest BCUT2D eigenvalue weighted by Gasteiger charge is 2.18. The lowest BCUT2D eigenvalue weighted by molar-refractivity contribution is 0.180. The second kappa shape index (κ2) is 6.29. The van der Waals surface area contributed by atoms with Crippen molar-refractivity contribution in [3.8, 4) is 5.75 Å². The van der Waals surface area contributed by atoms with Crippen LogP contribution < -0.4 is 10.5 Å². The molecule has 0 bridgehead atoms. The van der Waals surface area contributed by atoms with E-state index in [1.807, 2.05) is 37.3 Å². The average molecular weight is 296 g/mol. The van der Waals surface area contributed by atoms with Crippen molar-refractivity contribution in [2.75, 3.05) is 0 Å². The van der Waals surface area contributed by atoms with Gasteiger partial charge in [0.05, 0.1) is 0 Å². The quantitative estimate of drug-likeness (QED) is 0.904. The van der Waals surface area contributed by atoms with Gasteiger partial charge in [-0.3, -0.25) is 0 Å². The normalized spacial score (nSPS) is 13.9. The molecule has 0 aromatic heterocycles. The summed E-state index contributed by atoms with van der Waals surface area (Å²) in [4.78, 5) is 0. The minimum Gasteiger partial charge on any atom is -0.484 e. The molecule has 0 saturated carbocycles. The zero-order valence-electron chi connectivity index (χ0n) is 10.5. The summed E-state index contributed by atoms with van der Waals surface area (Å²) in [6.45, 7) is 1.91. The first-order valence-electron chi connectivity index (χ1n) is 5.99. The van der Waals surface area contributed by atoms with Crippen molar-refractivity contribution in [2.45, 2.75) is 19.1 Å². The van der Waals surface area contributed by atoms with E-state index in [1.165, 1.54) is 0 Å². The smallest absolute Gasteiger partial charge is 0.138 e. The minimum absolute atomic E-state index is 0.153. The topological polar surface area (TPSA) is 35.2 Å². The van der Waals surface area contributed by atoms with E-state index >= 15 is 0 Å². The number of hydrogen-bond donors (Lipinski definition) is 1. The van der Waals surface area contributed by atoms with Crippen LogP contribution in [0.3, 0.4) is 0 Å². The van der Waals surface area contributed by atoms with Crippen LogP contribution in [0.2, 0.25) is 10.0 Å². The second-order valence-corrected chi connectivity index (χ2v) is 5.29. The summed E-state index contributed by atoms with van der Waals surface area (Å²) in [6, 6.07) is 14.8. The summed E-state index contributed by atoms with van der Waals surface area (Å²) in [7, 11) is 0. The summed E-state index contributed by atoms with van der Waals surface area (Å²) in [6.07, 6.45) is -0.240. The van der Waals surface area contributed by atoms with Crippen molar-refractivity contribution < 1.29 is 4.74 Å². The molecule has 0 aliphatic rings. The average Bonchev–Trinajstić information content (AvgIpc) is 2.35. The molecule has 0 fully saturated rings. The molecule has 2 N–H and O–H groups in total. The van der Waals surface area contributed by atoms with Gasteiger partial charge < -0.3 is 10.5 Å². The van der Waals surface area contributed by atoms with Crippen LogP contribution in [0, 0.1) is 0 Å². The van der Waals surface area contributed by atoms with Crippen molar-refractivity contribution in [1.29, 1.82) is 0 Å². The lowest BCUT2D eigenvalue weighted by Crippen LogP contribution is -2.29. The number of nitrogens with two attached hydrogens (primary N) is 1. The molecule has 0 radical (unpaired) electrons. The van der Waals surface area contributed by atoms with E-state index in [2.05, 4.69) is 0 Å². The van der Waals surface area contributed by atoms with E-state index in [9.17, 15) is 0 Å². The third-order valence-corrected chi connectivity index (χ3v) is 3.14.